The summed E-state index contributed by atoms with van der Waals surface area (Å²) in [5.74, 6) is 0.510. The van der Waals surface area contributed by atoms with Gasteiger partial charge in [0.05, 0.1) is 15.7 Å². The standard InChI is InChI=1S/C21H19ClN2OS2/c1-12-9-15(26-2)6-8-16(12)20(25)23-14-5-7-17(18(22)10-14)19-11-27-21(24-19)13-3-4-13/h5-11,13H,3-4H2,1-2H3,(H,23,25). The highest BCUT2D eigenvalue weighted by Crippen LogP contribution is 2.43. The number of thiazole rings is 1. The van der Waals surface area contributed by atoms with Crippen LogP contribution < -0.4 is 5.32 Å². The van der Waals surface area contributed by atoms with Crippen molar-refractivity contribution in [2.24, 2.45) is 0 Å². The molecule has 27 heavy (non-hydrogen) atoms. The summed E-state index contributed by atoms with van der Waals surface area (Å²) in [5, 5.41) is 6.79. The number of hydrogen-bond donors (Lipinski definition) is 1. The molecular formula is C21H19ClN2OS2. The number of rotatable bonds is 5. The van der Waals surface area contributed by atoms with Crippen LogP contribution in [0.2, 0.25) is 5.02 Å². The van der Waals surface area contributed by atoms with Gasteiger partial charge < -0.3 is 5.32 Å². The van der Waals surface area contributed by atoms with Crippen molar-refractivity contribution in [1.29, 1.82) is 0 Å². The Hall–Kier alpha value is -1.82. The molecule has 1 aliphatic rings. The van der Waals surface area contributed by atoms with Gasteiger partial charge in [0.1, 0.15) is 0 Å². The smallest absolute Gasteiger partial charge is 0.255 e. The number of aromatic nitrogens is 1. The summed E-state index contributed by atoms with van der Waals surface area (Å²) in [5.41, 5.74) is 4.12. The third-order valence-corrected chi connectivity index (χ3v) is 6.67. The predicted molar refractivity (Wildman–Crippen MR) is 115 cm³/mol. The Morgan fingerprint density at radius 3 is 2.74 bits per heavy atom. The highest BCUT2D eigenvalue weighted by Gasteiger charge is 2.27. The van der Waals surface area contributed by atoms with E-state index in [1.54, 1.807) is 29.2 Å². The van der Waals surface area contributed by atoms with E-state index in [2.05, 4.69) is 10.7 Å². The maximum Gasteiger partial charge on any atom is 0.255 e. The summed E-state index contributed by atoms with van der Waals surface area (Å²) in [6, 6.07) is 11.4. The normalized spacial score (nSPS) is 13.6. The van der Waals surface area contributed by atoms with Crippen molar-refractivity contribution >= 4 is 46.3 Å². The lowest BCUT2D eigenvalue weighted by Crippen LogP contribution is -2.13. The lowest BCUT2D eigenvalue weighted by atomic mass is 10.1. The van der Waals surface area contributed by atoms with Crippen LogP contribution in [0.3, 0.4) is 0 Å². The van der Waals surface area contributed by atoms with Crippen LogP contribution in [0, 0.1) is 6.92 Å². The molecule has 3 aromatic rings. The Balaban J connectivity index is 1.52. The number of anilines is 1. The third kappa shape index (κ3) is 4.05. The first-order chi connectivity index (χ1) is 13.0. The summed E-state index contributed by atoms with van der Waals surface area (Å²) in [6.07, 6.45) is 4.50. The molecule has 1 N–H and O–H groups in total. The molecule has 1 aromatic heterocycles. The molecule has 1 heterocycles. The molecule has 0 aliphatic heterocycles. The van der Waals surface area contributed by atoms with Crippen molar-refractivity contribution in [3.63, 3.8) is 0 Å². The number of aryl methyl sites for hydroxylation is 1. The maximum atomic E-state index is 12.6. The van der Waals surface area contributed by atoms with E-state index in [4.69, 9.17) is 16.6 Å². The number of amides is 1. The molecule has 6 heteroatoms. The third-order valence-electron chi connectivity index (χ3n) is 4.63. The minimum Gasteiger partial charge on any atom is -0.322 e. The first-order valence-corrected chi connectivity index (χ1v) is 11.2. The van der Waals surface area contributed by atoms with Gasteiger partial charge in [-0.15, -0.1) is 23.1 Å². The summed E-state index contributed by atoms with van der Waals surface area (Å²) in [6.45, 7) is 1.95. The molecule has 1 fully saturated rings. The second-order valence-corrected chi connectivity index (χ2v) is 8.85. The fraction of sp³-hybridized carbons (Fsp3) is 0.238. The van der Waals surface area contributed by atoms with Crippen molar-refractivity contribution in [2.75, 3.05) is 11.6 Å². The monoisotopic (exact) mass is 414 g/mol. The highest BCUT2D eigenvalue weighted by molar-refractivity contribution is 7.98. The van der Waals surface area contributed by atoms with E-state index in [1.807, 2.05) is 43.5 Å². The van der Waals surface area contributed by atoms with Gasteiger partial charge >= 0.3 is 0 Å². The Morgan fingerprint density at radius 2 is 2.07 bits per heavy atom. The first kappa shape index (κ1) is 18.5. The van der Waals surface area contributed by atoms with Crippen LogP contribution in [0.5, 0.6) is 0 Å². The predicted octanol–water partition coefficient (Wildman–Crippen LogP) is 6.62. The molecule has 1 amide bonds. The number of thioether (sulfide) groups is 1. The molecule has 0 atom stereocenters. The lowest BCUT2D eigenvalue weighted by molar-refractivity contribution is 0.102. The zero-order valence-electron chi connectivity index (χ0n) is 15.1. The minimum absolute atomic E-state index is 0.131. The van der Waals surface area contributed by atoms with Gasteiger partial charge in [0.25, 0.3) is 5.91 Å². The Morgan fingerprint density at radius 1 is 1.26 bits per heavy atom. The van der Waals surface area contributed by atoms with Crippen LogP contribution in [0.15, 0.2) is 46.7 Å². The zero-order valence-corrected chi connectivity index (χ0v) is 17.5. The average Bonchev–Trinajstić information content (AvgIpc) is 3.39. The van der Waals surface area contributed by atoms with Gasteiger partial charge in [-0.1, -0.05) is 11.6 Å². The Bertz CT molecular complexity index is 1010. The van der Waals surface area contributed by atoms with Crippen LogP contribution in [0.1, 0.15) is 39.7 Å². The molecular weight excluding hydrogens is 396 g/mol. The van der Waals surface area contributed by atoms with E-state index in [0.717, 1.165) is 21.7 Å². The molecule has 0 spiro atoms. The van der Waals surface area contributed by atoms with Crippen LogP contribution >= 0.6 is 34.7 Å². The quantitative estimate of drug-likeness (QED) is 0.476. The summed E-state index contributed by atoms with van der Waals surface area (Å²) >= 11 is 9.84. The van der Waals surface area contributed by atoms with Gasteiger partial charge in [0.15, 0.2) is 0 Å². The molecule has 3 nitrogen and oxygen atoms in total. The van der Waals surface area contributed by atoms with E-state index in [0.29, 0.717) is 22.2 Å². The molecule has 1 aliphatic carbocycles. The van der Waals surface area contributed by atoms with E-state index >= 15 is 0 Å². The van der Waals surface area contributed by atoms with Gasteiger partial charge in [-0.25, -0.2) is 4.98 Å². The van der Waals surface area contributed by atoms with Gasteiger partial charge in [0.2, 0.25) is 0 Å². The molecule has 1 saturated carbocycles. The molecule has 2 aromatic carbocycles. The van der Waals surface area contributed by atoms with E-state index in [9.17, 15) is 4.79 Å². The fourth-order valence-electron chi connectivity index (χ4n) is 2.95. The van der Waals surface area contributed by atoms with Crippen LogP contribution in [-0.4, -0.2) is 17.1 Å². The highest BCUT2D eigenvalue weighted by atomic mass is 35.5. The number of carbonyl (C=O) groups is 1. The van der Waals surface area contributed by atoms with Gasteiger partial charge in [-0.3, -0.25) is 4.79 Å². The number of nitrogens with zero attached hydrogens (tertiary/aromatic N) is 1. The van der Waals surface area contributed by atoms with Crippen molar-refractivity contribution in [3.8, 4) is 11.3 Å². The molecule has 138 valence electrons. The van der Waals surface area contributed by atoms with Crippen LogP contribution in [-0.2, 0) is 0 Å². The molecule has 4 rings (SSSR count). The number of benzene rings is 2. The van der Waals surface area contributed by atoms with E-state index in [-0.39, 0.29) is 5.91 Å². The van der Waals surface area contributed by atoms with Gasteiger partial charge in [-0.2, -0.15) is 0 Å². The molecule has 0 radical (unpaired) electrons. The summed E-state index contributed by atoms with van der Waals surface area (Å²) in [4.78, 5) is 18.5. The summed E-state index contributed by atoms with van der Waals surface area (Å²) < 4.78 is 0. The van der Waals surface area contributed by atoms with Crippen molar-refractivity contribution in [1.82, 2.24) is 4.98 Å². The van der Waals surface area contributed by atoms with Crippen molar-refractivity contribution in [3.05, 3.63) is 62.9 Å². The molecule has 0 saturated heterocycles. The Labute approximate surface area is 172 Å². The minimum atomic E-state index is -0.131. The number of halogens is 1. The zero-order chi connectivity index (χ0) is 19.0. The maximum absolute atomic E-state index is 12.6. The van der Waals surface area contributed by atoms with Gasteiger partial charge in [-0.05, 0) is 68.0 Å². The van der Waals surface area contributed by atoms with Crippen LogP contribution in [0.4, 0.5) is 5.69 Å². The lowest BCUT2D eigenvalue weighted by Gasteiger charge is -2.10. The number of hydrogen-bond acceptors (Lipinski definition) is 4. The van der Waals surface area contributed by atoms with Gasteiger partial charge in [0, 0.05) is 33.0 Å². The second-order valence-electron chi connectivity index (χ2n) is 6.67. The summed E-state index contributed by atoms with van der Waals surface area (Å²) in [7, 11) is 0. The Kier molecular flexibility index (Phi) is 5.26. The fourth-order valence-corrected chi connectivity index (χ4v) is 4.71. The largest absolute Gasteiger partial charge is 0.322 e. The SMILES string of the molecule is CSc1ccc(C(=O)Nc2ccc(-c3csc(C4CC4)n3)c(Cl)c2)c(C)c1. The van der Waals surface area contributed by atoms with E-state index < -0.39 is 0 Å². The average molecular weight is 415 g/mol. The topological polar surface area (TPSA) is 42.0 Å². The van der Waals surface area contributed by atoms with Crippen LogP contribution in [0.25, 0.3) is 11.3 Å². The molecule has 0 bridgehead atoms. The molecule has 0 unspecified atom stereocenters. The second kappa shape index (κ2) is 7.66. The number of carbonyl (C=O) groups excluding carboxylic acids is 1. The van der Waals surface area contributed by atoms with Crippen molar-refractivity contribution < 1.29 is 4.79 Å². The van der Waals surface area contributed by atoms with Crippen molar-refractivity contribution in [2.45, 2.75) is 30.6 Å². The first-order valence-electron chi connectivity index (χ1n) is 8.76. The number of nitrogens with one attached hydrogen (secondary N) is 1. The van der Waals surface area contributed by atoms with E-state index in [1.165, 1.54) is 17.8 Å².